The van der Waals surface area contributed by atoms with Gasteiger partial charge in [-0.05, 0) is 110 Å². The van der Waals surface area contributed by atoms with Crippen LogP contribution in [0.2, 0.25) is 0 Å². The van der Waals surface area contributed by atoms with E-state index in [0.717, 1.165) is 50.5 Å². The third kappa shape index (κ3) is 14.6. The normalized spacial score (nSPS) is 13.7. The Balaban J connectivity index is 2.34. The number of hydrogen-bond donors (Lipinski definition) is 0. The standard InChI is InChI=1S/C33H50O2/c1-25(2)12-9-13-27(5)14-10-15-28(6)16-11-17-29(7)22-23-35-33(34)30(8)32-20-18-31(19-21-32)24-26(3)4/h12,14,16,18-22,26,30H,9-11,13,15,17,23-24H2,1-8H3/b27-14+,28-16+,29-22+. The van der Waals surface area contributed by atoms with Crippen molar-refractivity contribution >= 4 is 5.97 Å². The lowest BCUT2D eigenvalue weighted by atomic mass is 9.97. The Bertz CT molecular complexity index is 874. The largest absolute Gasteiger partial charge is 0.461 e. The Morgan fingerprint density at radius 2 is 1.23 bits per heavy atom. The predicted octanol–water partition coefficient (Wildman–Crippen LogP) is 9.68. The molecule has 0 aliphatic rings. The van der Waals surface area contributed by atoms with Gasteiger partial charge in [-0.1, -0.05) is 78.6 Å². The van der Waals surface area contributed by atoms with Crippen molar-refractivity contribution in [1.82, 2.24) is 0 Å². The van der Waals surface area contributed by atoms with Crippen molar-refractivity contribution in [3.05, 3.63) is 82.0 Å². The van der Waals surface area contributed by atoms with Gasteiger partial charge in [0.05, 0.1) is 5.92 Å². The minimum atomic E-state index is -0.243. The number of rotatable bonds is 15. The summed E-state index contributed by atoms with van der Waals surface area (Å²) in [5.74, 6) is 0.226. The zero-order valence-corrected chi connectivity index (χ0v) is 23.7. The summed E-state index contributed by atoms with van der Waals surface area (Å²) >= 11 is 0. The van der Waals surface area contributed by atoms with E-state index in [1.807, 2.05) is 13.0 Å². The first-order chi connectivity index (χ1) is 16.6. The van der Waals surface area contributed by atoms with Gasteiger partial charge in [-0.15, -0.1) is 0 Å². The Morgan fingerprint density at radius 1 is 0.743 bits per heavy atom. The molecule has 194 valence electrons. The summed E-state index contributed by atoms with van der Waals surface area (Å²) in [7, 11) is 0. The third-order valence-corrected chi connectivity index (χ3v) is 6.29. The van der Waals surface area contributed by atoms with Crippen LogP contribution in [0.3, 0.4) is 0 Å². The molecule has 0 aliphatic heterocycles. The first-order valence-corrected chi connectivity index (χ1v) is 13.4. The first-order valence-electron chi connectivity index (χ1n) is 13.4. The molecule has 0 radical (unpaired) electrons. The second-order valence-corrected chi connectivity index (χ2v) is 10.7. The number of carbonyl (C=O) groups excluding carboxylic acids is 1. The van der Waals surface area contributed by atoms with Gasteiger partial charge in [0.2, 0.25) is 0 Å². The summed E-state index contributed by atoms with van der Waals surface area (Å²) in [6.07, 6.45) is 16.7. The summed E-state index contributed by atoms with van der Waals surface area (Å²) in [4.78, 5) is 12.5. The fourth-order valence-corrected chi connectivity index (χ4v) is 3.93. The SMILES string of the molecule is CC(C)=CCC/C(C)=C/CC/C(C)=C/CC/C(C)=C/COC(=O)C(C)c1ccc(CC(C)C)cc1. The molecule has 0 N–H and O–H groups in total. The van der Waals surface area contributed by atoms with E-state index < -0.39 is 0 Å². The van der Waals surface area contributed by atoms with Crippen LogP contribution < -0.4 is 0 Å². The Kier molecular flexibility index (Phi) is 15.0. The van der Waals surface area contributed by atoms with E-state index in [9.17, 15) is 4.79 Å². The molecule has 1 rings (SSSR count). The van der Waals surface area contributed by atoms with Crippen molar-refractivity contribution in [3.8, 4) is 0 Å². The topological polar surface area (TPSA) is 26.3 Å². The molecule has 1 unspecified atom stereocenters. The van der Waals surface area contributed by atoms with E-state index >= 15 is 0 Å². The zero-order valence-electron chi connectivity index (χ0n) is 23.7. The molecule has 0 amide bonds. The molecule has 0 saturated heterocycles. The van der Waals surface area contributed by atoms with E-state index in [0.29, 0.717) is 12.5 Å². The summed E-state index contributed by atoms with van der Waals surface area (Å²) in [5, 5.41) is 0. The van der Waals surface area contributed by atoms with Crippen LogP contribution in [0.15, 0.2) is 70.9 Å². The minimum Gasteiger partial charge on any atom is -0.461 e. The molecule has 35 heavy (non-hydrogen) atoms. The Morgan fingerprint density at radius 3 is 1.71 bits per heavy atom. The summed E-state index contributed by atoms with van der Waals surface area (Å²) in [6, 6.07) is 8.37. The Labute approximate surface area is 216 Å². The number of benzene rings is 1. The summed E-state index contributed by atoms with van der Waals surface area (Å²) in [6.45, 7) is 17.6. The van der Waals surface area contributed by atoms with Crippen LogP contribution in [0.25, 0.3) is 0 Å². The number of hydrogen-bond acceptors (Lipinski definition) is 2. The van der Waals surface area contributed by atoms with Crippen molar-refractivity contribution in [2.75, 3.05) is 6.61 Å². The van der Waals surface area contributed by atoms with Crippen molar-refractivity contribution < 1.29 is 9.53 Å². The lowest BCUT2D eigenvalue weighted by Gasteiger charge is -2.12. The van der Waals surface area contributed by atoms with Crippen molar-refractivity contribution in [2.24, 2.45) is 5.92 Å². The number of esters is 1. The van der Waals surface area contributed by atoms with Crippen molar-refractivity contribution in [1.29, 1.82) is 0 Å². The zero-order chi connectivity index (χ0) is 26.2. The van der Waals surface area contributed by atoms with E-state index in [2.05, 4.69) is 91.0 Å². The van der Waals surface area contributed by atoms with Crippen LogP contribution >= 0.6 is 0 Å². The fourth-order valence-electron chi connectivity index (χ4n) is 3.93. The quantitative estimate of drug-likeness (QED) is 0.185. The monoisotopic (exact) mass is 478 g/mol. The molecule has 0 aliphatic carbocycles. The lowest BCUT2D eigenvalue weighted by molar-refractivity contribution is -0.143. The summed E-state index contributed by atoms with van der Waals surface area (Å²) in [5.41, 5.74) is 7.93. The van der Waals surface area contributed by atoms with Crippen LogP contribution in [-0.2, 0) is 16.0 Å². The molecule has 1 atom stereocenters. The lowest BCUT2D eigenvalue weighted by Crippen LogP contribution is -2.13. The minimum absolute atomic E-state index is 0.161. The van der Waals surface area contributed by atoms with Crippen LogP contribution in [0.5, 0.6) is 0 Å². The van der Waals surface area contributed by atoms with Crippen LogP contribution in [0.1, 0.15) is 111 Å². The molecule has 1 aromatic rings. The van der Waals surface area contributed by atoms with Gasteiger partial charge in [-0.2, -0.15) is 0 Å². The number of allylic oxidation sites excluding steroid dienone is 7. The molecule has 0 spiro atoms. The fraction of sp³-hybridized carbons (Fsp3) is 0.545. The molecule has 0 heterocycles. The van der Waals surface area contributed by atoms with Gasteiger partial charge in [0.25, 0.3) is 0 Å². The molecular weight excluding hydrogens is 428 g/mol. The molecule has 0 fully saturated rings. The van der Waals surface area contributed by atoms with E-state index in [1.54, 1.807) is 0 Å². The predicted molar refractivity (Wildman–Crippen MR) is 153 cm³/mol. The molecule has 0 aromatic heterocycles. The average molecular weight is 479 g/mol. The highest BCUT2D eigenvalue weighted by molar-refractivity contribution is 5.77. The molecule has 1 aromatic carbocycles. The second-order valence-electron chi connectivity index (χ2n) is 10.7. The highest BCUT2D eigenvalue weighted by atomic mass is 16.5. The van der Waals surface area contributed by atoms with Crippen LogP contribution in [0.4, 0.5) is 0 Å². The van der Waals surface area contributed by atoms with Gasteiger partial charge in [-0.25, -0.2) is 0 Å². The summed E-state index contributed by atoms with van der Waals surface area (Å²) < 4.78 is 5.53. The maximum Gasteiger partial charge on any atom is 0.313 e. The second kappa shape index (κ2) is 17.1. The van der Waals surface area contributed by atoms with Gasteiger partial charge >= 0.3 is 5.97 Å². The highest BCUT2D eigenvalue weighted by Gasteiger charge is 2.16. The van der Waals surface area contributed by atoms with Gasteiger partial charge in [0.15, 0.2) is 0 Å². The van der Waals surface area contributed by atoms with Crippen molar-refractivity contribution in [3.63, 3.8) is 0 Å². The first kappa shape index (κ1) is 30.7. The average Bonchev–Trinajstić information content (AvgIpc) is 2.78. The third-order valence-electron chi connectivity index (χ3n) is 6.29. The van der Waals surface area contributed by atoms with Gasteiger partial charge in [0, 0.05) is 0 Å². The highest BCUT2D eigenvalue weighted by Crippen LogP contribution is 2.19. The smallest absolute Gasteiger partial charge is 0.313 e. The van der Waals surface area contributed by atoms with Gasteiger partial charge < -0.3 is 4.74 Å². The molecular formula is C33H50O2. The van der Waals surface area contributed by atoms with Gasteiger partial charge in [-0.3, -0.25) is 4.79 Å². The van der Waals surface area contributed by atoms with E-state index in [4.69, 9.17) is 4.74 Å². The van der Waals surface area contributed by atoms with Crippen LogP contribution in [0, 0.1) is 5.92 Å². The Hall–Kier alpha value is -2.35. The molecule has 2 nitrogen and oxygen atoms in total. The molecule has 0 bridgehead atoms. The van der Waals surface area contributed by atoms with Crippen LogP contribution in [-0.4, -0.2) is 12.6 Å². The number of ether oxygens (including phenoxy) is 1. The maximum atomic E-state index is 12.5. The van der Waals surface area contributed by atoms with E-state index in [-0.39, 0.29) is 11.9 Å². The molecule has 0 saturated carbocycles. The maximum absolute atomic E-state index is 12.5. The molecule has 2 heteroatoms. The van der Waals surface area contributed by atoms with Crippen molar-refractivity contribution in [2.45, 2.75) is 106 Å². The van der Waals surface area contributed by atoms with Gasteiger partial charge in [0.1, 0.15) is 6.61 Å². The van der Waals surface area contributed by atoms with E-state index in [1.165, 1.54) is 27.9 Å². The number of carbonyl (C=O) groups is 1.